The lowest BCUT2D eigenvalue weighted by atomic mass is 10.2. The van der Waals surface area contributed by atoms with Gasteiger partial charge in [-0.3, -0.25) is 0 Å². The highest BCUT2D eigenvalue weighted by atomic mass is 79.9. The summed E-state index contributed by atoms with van der Waals surface area (Å²) in [5.41, 5.74) is 2.99. The van der Waals surface area contributed by atoms with E-state index >= 15 is 0 Å². The molecule has 0 spiro atoms. The molecule has 0 saturated heterocycles. The number of benzene rings is 2. The van der Waals surface area contributed by atoms with Crippen molar-refractivity contribution in [3.8, 4) is 0 Å². The number of hydrogen-bond donors (Lipinski definition) is 2. The molecule has 0 fully saturated rings. The summed E-state index contributed by atoms with van der Waals surface area (Å²) < 4.78 is 12.0. The van der Waals surface area contributed by atoms with Crippen LogP contribution in [0.15, 0.2) is 61.8 Å². The highest BCUT2D eigenvalue weighted by Gasteiger charge is 2.03. The van der Waals surface area contributed by atoms with Gasteiger partial charge in [0.25, 0.3) is 0 Å². The van der Waals surface area contributed by atoms with E-state index in [0.717, 1.165) is 37.9 Å². The van der Waals surface area contributed by atoms with Gasteiger partial charge in [0.05, 0.1) is 13.2 Å². The minimum atomic E-state index is 0. The van der Waals surface area contributed by atoms with Crippen molar-refractivity contribution in [2.45, 2.75) is 34.6 Å². The van der Waals surface area contributed by atoms with Gasteiger partial charge in [-0.1, -0.05) is 42.4 Å². The van der Waals surface area contributed by atoms with Gasteiger partial charge in [-0.05, 0) is 49.4 Å². The Hall–Kier alpha value is -2.08. The van der Waals surface area contributed by atoms with Crippen molar-refractivity contribution in [1.82, 2.24) is 0 Å². The molecule has 0 saturated carbocycles. The van der Waals surface area contributed by atoms with Crippen LogP contribution in [0.25, 0.3) is 21.9 Å². The van der Waals surface area contributed by atoms with Crippen molar-refractivity contribution >= 4 is 37.9 Å². The van der Waals surface area contributed by atoms with E-state index in [1.807, 2.05) is 42.5 Å². The summed E-state index contributed by atoms with van der Waals surface area (Å²) in [6, 6.07) is 15.9. The van der Waals surface area contributed by atoms with Crippen LogP contribution in [0.2, 0.25) is 0 Å². The number of fused-ring (bicyclic) bond motifs is 2. The largest absolute Gasteiger partial charge is 0.461 e. The normalized spacial score (nSPS) is 10.1. The van der Waals surface area contributed by atoms with Crippen LogP contribution in [-0.2, 0) is 12.8 Å². The SMILES string of the molecule is C.C.Cc1ccc2oc(CCO)cc2c1.OCCc1cc2cc(Br)ccc2o1. The molecule has 28 heavy (non-hydrogen) atoms. The monoisotopic (exact) mass is 448 g/mol. The molecule has 0 atom stereocenters. The average Bonchev–Trinajstić information content (AvgIpc) is 3.18. The van der Waals surface area contributed by atoms with E-state index < -0.39 is 0 Å². The zero-order valence-electron chi connectivity index (χ0n) is 14.5. The predicted octanol–water partition coefficient (Wildman–Crippen LogP) is 6.28. The highest BCUT2D eigenvalue weighted by Crippen LogP contribution is 2.23. The first-order chi connectivity index (χ1) is 12.6. The number of halogens is 1. The molecular weight excluding hydrogens is 420 g/mol. The Kier molecular flexibility index (Phi) is 9.46. The molecule has 0 aliphatic carbocycles. The Balaban J connectivity index is 0.000000261. The summed E-state index contributed by atoms with van der Waals surface area (Å²) >= 11 is 3.39. The number of furan rings is 2. The molecule has 2 aromatic heterocycles. The van der Waals surface area contributed by atoms with E-state index in [9.17, 15) is 0 Å². The third-order valence-electron chi connectivity index (χ3n) is 3.97. The molecule has 2 aromatic carbocycles. The molecule has 152 valence electrons. The number of aryl methyl sites for hydroxylation is 1. The van der Waals surface area contributed by atoms with Gasteiger partial charge < -0.3 is 19.0 Å². The molecule has 4 rings (SSSR count). The van der Waals surface area contributed by atoms with Crippen LogP contribution in [0, 0.1) is 6.92 Å². The molecule has 4 nitrogen and oxygen atoms in total. The van der Waals surface area contributed by atoms with Crippen LogP contribution < -0.4 is 0 Å². The molecule has 0 aliphatic rings. The summed E-state index contributed by atoms with van der Waals surface area (Å²) in [5, 5.41) is 19.7. The van der Waals surface area contributed by atoms with Gasteiger partial charge >= 0.3 is 0 Å². The first kappa shape index (κ1) is 24.0. The van der Waals surface area contributed by atoms with E-state index in [4.69, 9.17) is 19.0 Å². The Bertz CT molecular complexity index is 918. The van der Waals surface area contributed by atoms with Crippen LogP contribution in [0.1, 0.15) is 31.9 Å². The summed E-state index contributed by atoms with van der Waals surface area (Å²) in [4.78, 5) is 0. The first-order valence-corrected chi connectivity index (χ1v) is 9.27. The minimum Gasteiger partial charge on any atom is -0.461 e. The topological polar surface area (TPSA) is 66.7 Å². The van der Waals surface area contributed by atoms with E-state index in [1.165, 1.54) is 5.56 Å². The lowest BCUT2D eigenvalue weighted by molar-refractivity contribution is 0.289. The Morgan fingerprint density at radius 2 is 1.25 bits per heavy atom. The van der Waals surface area contributed by atoms with Crippen LogP contribution in [0.3, 0.4) is 0 Å². The van der Waals surface area contributed by atoms with Crippen molar-refractivity contribution < 1.29 is 19.0 Å². The van der Waals surface area contributed by atoms with E-state index in [2.05, 4.69) is 28.9 Å². The number of hydrogen-bond acceptors (Lipinski definition) is 4. The lowest BCUT2D eigenvalue weighted by Crippen LogP contribution is -1.85. The van der Waals surface area contributed by atoms with Gasteiger partial charge in [-0.15, -0.1) is 0 Å². The predicted molar refractivity (Wildman–Crippen MR) is 120 cm³/mol. The van der Waals surface area contributed by atoms with E-state index in [-0.39, 0.29) is 28.1 Å². The third kappa shape index (κ3) is 5.96. The van der Waals surface area contributed by atoms with E-state index in [1.54, 1.807) is 0 Å². The third-order valence-corrected chi connectivity index (χ3v) is 4.46. The second kappa shape index (κ2) is 11.1. The second-order valence-corrected chi connectivity index (χ2v) is 7.01. The van der Waals surface area contributed by atoms with Gasteiger partial charge in [0.2, 0.25) is 0 Å². The van der Waals surface area contributed by atoms with Gasteiger partial charge in [0.15, 0.2) is 0 Å². The molecule has 2 heterocycles. The molecule has 5 heteroatoms. The molecule has 2 N–H and O–H groups in total. The van der Waals surface area contributed by atoms with Gasteiger partial charge in [-0.25, -0.2) is 0 Å². The Morgan fingerprint density at radius 3 is 1.79 bits per heavy atom. The van der Waals surface area contributed by atoms with Crippen LogP contribution in [0.5, 0.6) is 0 Å². The van der Waals surface area contributed by atoms with Crippen LogP contribution in [-0.4, -0.2) is 23.4 Å². The quantitative estimate of drug-likeness (QED) is 0.385. The van der Waals surface area contributed by atoms with Crippen LogP contribution >= 0.6 is 15.9 Å². The summed E-state index contributed by atoms with van der Waals surface area (Å²) in [6.45, 7) is 2.32. The number of aliphatic hydroxyl groups is 2. The Labute approximate surface area is 174 Å². The summed E-state index contributed by atoms with van der Waals surface area (Å²) in [7, 11) is 0. The molecule has 0 radical (unpaired) electrons. The van der Waals surface area contributed by atoms with Crippen molar-refractivity contribution in [3.63, 3.8) is 0 Å². The van der Waals surface area contributed by atoms with Gasteiger partial charge in [0.1, 0.15) is 22.7 Å². The molecule has 4 aromatic rings. The lowest BCUT2D eigenvalue weighted by Gasteiger charge is -1.89. The van der Waals surface area contributed by atoms with E-state index in [0.29, 0.717) is 12.8 Å². The second-order valence-electron chi connectivity index (χ2n) is 6.10. The molecular formula is C23H29BrO4. The molecule has 0 aliphatic heterocycles. The minimum absolute atomic E-state index is 0. The van der Waals surface area contributed by atoms with Crippen molar-refractivity contribution in [1.29, 1.82) is 0 Å². The molecule has 0 amide bonds. The maximum atomic E-state index is 8.74. The summed E-state index contributed by atoms with van der Waals surface area (Å²) in [5.74, 6) is 1.68. The maximum Gasteiger partial charge on any atom is 0.134 e. The van der Waals surface area contributed by atoms with Crippen LogP contribution in [0.4, 0.5) is 0 Å². The molecule has 0 unspecified atom stereocenters. The summed E-state index contributed by atoms with van der Waals surface area (Å²) in [6.07, 6.45) is 1.17. The van der Waals surface area contributed by atoms with Crippen molar-refractivity contribution in [2.24, 2.45) is 0 Å². The zero-order chi connectivity index (χ0) is 18.5. The fourth-order valence-corrected chi connectivity index (χ4v) is 3.13. The standard InChI is InChI=1S/C11H12O2.C10H9BrO2.2CH4/c1-8-2-3-11-9(6-8)7-10(13-11)4-5-12;11-8-1-2-10-7(5-8)6-9(13-10)3-4-12;;/h2-3,6-7,12H,4-5H2,1H3;1-2,5-6,12H,3-4H2;2*1H4. The number of rotatable bonds is 4. The number of aliphatic hydroxyl groups excluding tert-OH is 2. The first-order valence-electron chi connectivity index (χ1n) is 8.48. The van der Waals surface area contributed by atoms with Crippen molar-refractivity contribution in [3.05, 3.63) is 70.1 Å². The van der Waals surface area contributed by atoms with Gasteiger partial charge in [0, 0.05) is 28.1 Å². The fourth-order valence-electron chi connectivity index (χ4n) is 2.75. The van der Waals surface area contributed by atoms with Crippen molar-refractivity contribution in [2.75, 3.05) is 13.2 Å². The average molecular weight is 449 g/mol. The molecule has 0 bridgehead atoms. The van der Waals surface area contributed by atoms with Gasteiger partial charge in [-0.2, -0.15) is 0 Å². The fraction of sp³-hybridized carbons (Fsp3) is 0.304. The maximum absolute atomic E-state index is 8.74. The smallest absolute Gasteiger partial charge is 0.134 e. The highest BCUT2D eigenvalue weighted by molar-refractivity contribution is 9.10. The zero-order valence-corrected chi connectivity index (χ0v) is 16.1. The Morgan fingerprint density at radius 1 is 0.750 bits per heavy atom.